The van der Waals surface area contributed by atoms with E-state index in [4.69, 9.17) is 5.73 Å². The van der Waals surface area contributed by atoms with E-state index in [1.807, 2.05) is 0 Å². The van der Waals surface area contributed by atoms with Crippen LogP contribution < -0.4 is 10.5 Å². The summed E-state index contributed by atoms with van der Waals surface area (Å²) in [4.78, 5) is 6.58. The Labute approximate surface area is 116 Å². The highest BCUT2D eigenvalue weighted by Gasteiger charge is 2.20. The van der Waals surface area contributed by atoms with Crippen molar-refractivity contribution in [3.8, 4) is 0 Å². The number of halogens is 1. The summed E-state index contributed by atoms with van der Waals surface area (Å²) in [5, 5.41) is 0. The van der Waals surface area contributed by atoms with Crippen LogP contribution in [-0.2, 0) is 23.1 Å². The van der Waals surface area contributed by atoms with Gasteiger partial charge >= 0.3 is 0 Å². The summed E-state index contributed by atoms with van der Waals surface area (Å²) >= 11 is 0. The van der Waals surface area contributed by atoms with Gasteiger partial charge in [0.2, 0.25) is 10.0 Å². The molecular formula is C12H15FN4O2S. The largest absolute Gasteiger partial charge is 0.347 e. The smallest absolute Gasteiger partial charge is 0.241 e. The third kappa shape index (κ3) is 3.03. The molecule has 0 bridgehead atoms. The van der Waals surface area contributed by atoms with E-state index in [1.165, 1.54) is 25.3 Å². The second kappa shape index (κ2) is 5.70. The number of nitrogens with one attached hydrogen (secondary N) is 2. The molecule has 0 amide bonds. The van der Waals surface area contributed by atoms with Gasteiger partial charge in [0.1, 0.15) is 11.6 Å². The lowest BCUT2D eigenvalue weighted by molar-refractivity contribution is 0.572. The Hall–Kier alpha value is -1.77. The molecule has 1 aromatic carbocycles. The maximum Gasteiger partial charge on any atom is 0.241 e. The average Bonchev–Trinajstić information content (AvgIpc) is 2.92. The number of aromatic nitrogens is 2. The highest BCUT2D eigenvalue weighted by atomic mass is 32.2. The van der Waals surface area contributed by atoms with Gasteiger partial charge in [0.25, 0.3) is 0 Å². The van der Waals surface area contributed by atoms with Gasteiger partial charge in [0.05, 0.1) is 11.4 Å². The van der Waals surface area contributed by atoms with Crippen LogP contribution in [0.25, 0.3) is 0 Å². The van der Waals surface area contributed by atoms with Crippen molar-refractivity contribution < 1.29 is 12.8 Å². The maximum absolute atomic E-state index is 13.7. The van der Waals surface area contributed by atoms with E-state index in [-0.39, 0.29) is 23.5 Å². The zero-order chi connectivity index (χ0) is 14.8. The first-order valence-corrected chi connectivity index (χ1v) is 7.39. The molecule has 0 fully saturated rings. The van der Waals surface area contributed by atoms with E-state index in [9.17, 15) is 12.8 Å². The summed E-state index contributed by atoms with van der Waals surface area (Å²) in [5.74, 6) is -0.118. The minimum atomic E-state index is -3.83. The second-order valence-electron chi connectivity index (χ2n) is 4.27. The molecule has 0 aliphatic heterocycles. The van der Waals surface area contributed by atoms with Crippen molar-refractivity contribution in [1.82, 2.24) is 14.7 Å². The Balaban J connectivity index is 2.31. The molecule has 0 saturated heterocycles. The van der Waals surface area contributed by atoms with Gasteiger partial charge in [-0.1, -0.05) is 0 Å². The second-order valence-corrected chi connectivity index (χ2v) is 6.00. The minimum absolute atomic E-state index is 0.00322. The van der Waals surface area contributed by atoms with Gasteiger partial charge in [-0.3, -0.25) is 0 Å². The average molecular weight is 298 g/mol. The SMILES string of the molecule is Cc1c(F)cc(CN)cc1S(=O)(=O)NCc1ncc[nH]1. The maximum atomic E-state index is 13.7. The molecule has 20 heavy (non-hydrogen) atoms. The molecule has 0 aliphatic rings. The van der Waals surface area contributed by atoms with Crippen LogP contribution >= 0.6 is 0 Å². The van der Waals surface area contributed by atoms with Crippen molar-refractivity contribution in [2.24, 2.45) is 5.73 Å². The van der Waals surface area contributed by atoms with Crippen molar-refractivity contribution in [2.75, 3.05) is 0 Å². The van der Waals surface area contributed by atoms with E-state index in [2.05, 4.69) is 14.7 Å². The van der Waals surface area contributed by atoms with Gasteiger partial charge in [0, 0.05) is 24.5 Å². The van der Waals surface area contributed by atoms with Gasteiger partial charge < -0.3 is 10.7 Å². The summed E-state index contributed by atoms with van der Waals surface area (Å²) in [6, 6.07) is 2.61. The first kappa shape index (κ1) is 14.6. The van der Waals surface area contributed by atoms with Crippen molar-refractivity contribution in [3.05, 3.63) is 47.3 Å². The van der Waals surface area contributed by atoms with E-state index in [0.29, 0.717) is 11.4 Å². The zero-order valence-electron chi connectivity index (χ0n) is 10.9. The predicted octanol–water partition coefficient (Wildman–Crippen LogP) is 0.794. The van der Waals surface area contributed by atoms with Crippen LogP contribution in [0.2, 0.25) is 0 Å². The Bertz CT molecular complexity index is 698. The Morgan fingerprint density at radius 2 is 2.20 bits per heavy atom. The number of imidazole rings is 1. The number of nitrogens with zero attached hydrogens (tertiary/aromatic N) is 1. The number of rotatable bonds is 5. The highest BCUT2D eigenvalue weighted by Crippen LogP contribution is 2.20. The number of sulfonamides is 1. The molecular weight excluding hydrogens is 283 g/mol. The summed E-state index contributed by atoms with van der Waals surface area (Å²) < 4.78 is 40.5. The van der Waals surface area contributed by atoms with Crippen molar-refractivity contribution >= 4 is 10.0 Å². The lowest BCUT2D eigenvalue weighted by Crippen LogP contribution is -2.25. The van der Waals surface area contributed by atoms with Gasteiger partial charge in [-0.15, -0.1) is 0 Å². The molecule has 1 heterocycles. The zero-order valence-corrected chi connectivity index (χ0v) is 11.7. The molecule has 8 heteroatoms. The van der Waals surface area contributed by atoms with Crippen LogP contribution in [0.1, 0.15) is 17.0 Å². The third-order valence-electron chi connectivity index (χ3n) is 2.87. The van der Waals surface area contributed by atoms with Gasteiger partial charge in [0.15, 0.2) is 0 Å². The molecule has 0 aliphatic carbocycles. The van der Waals surface area contributed by atoms with Crippen molar-refractivity contribution in [2.45, 2.75) is 24.9 Å². The van der Waals surface area contributed by atoms with Crippen molar-refractivity contribution in [1.29, 1.82) is 0 Å². The molecule has 6 nitrogen and oxygen atoms in total. The monoisotopic (exact) mass is 298 g/mol. The molecule has 108 valence electrons. The Kier molecular flexibility index (Phi) is 4.17. The van der Waals surface area contributed by atoms with Crippen LogP contribution in [0.15, 0.2) is 29.4 Å². The first-order valence-electron chi connectivity index (χ1n) is 5.91. The minimum Gasteiger partial charge on any atom is -0.347 e. The molecule has 2 rings (SSSR count). The van der Waals surface area contributed by atoms with E-state index in [0.717, 1.165) is 0 Å². The molecule has 0 atom stereocenters. The number of hydrogen-bond donors (Lipinski definition) is 3. The van der Waals surface area contributed by atoms with Crippen LogP contribution in [0, 0.1) is 12.7 Å². The fourth-order valence-electron chi connectivity index (χ4n) is 1.74. The number of hydrogen-bond acceptors (Lipinski definition) is 4. The van der Waals surface area contributed by atoms with E-state index < -0.39 is 15.8 Å². The molecule has 0 unspecified atom stereocenters. The fourth-order valence-corrected chi connectivity index (χ4v) is 3.03. The molecule has 0 spiro atoms. The van der Waals surface area contributed by atoms with Gasteiger partial charge in [-0.25, -0.2) is 22.5 Å². The fraction of sp³-hybridized carbons (Fsp3) is 0.250. The summed E-state index contributed by atoms with van der Waals surface area (Å²) in [7, 11) is -3.83. The number of H-pyrrole nitrogens is 1. The van der Waals surface area contributed by atoms with Crippen LogP contribution in [0.5, 0.6) is 0 Å². The molecule has 0 radical (unpaired) electrons. The predicted molar refractivity (Wildman–Crippen MR) is 71.6 cm³/mol. The third-order valence-corrected chi connectivity index (χ3v) is 4.39. The quantitative estimate of drug-likeness (QED) is 0.759. The Morgan fingerprint density at radius 3 is 2.80 bits per heavy atom. The topological polar surface area (TPSA) is 101 Å². The number of benzene rings is 1. The molecule has 1 aromatic heterocycles. The Morgan fingerprint density at radius 1 is 1.45 bits per heavy atom. The standard InChI is InChI=1S/C12H15FN4O2S/c1-8-10(13)4-9(6-14)5-11(8)20(18,19)17-7-12-15-2-3-16-12/h2-5,17H,6-7,14H2,1H3,(H,15,16). The van der Waals surface area contributed by atoms with E-state index >= 15 is 0 Å². The first-order chi connectivity index (χ1) is 9.44. The number of aromatic amines is 1. The lowest BCUT2D eigenvalue weighted by Gasteiger charge is -2.11. The van der Waals surface area contributed by atoms with Gasteiger partial charge in [-0.05, 0) is 24.6 Å². The highest BCUT2D eigenvalue weighted by molar-refractivity contribution is 7.89. The van der Waals surface area contributed by atoms with Gasteiger partial charge in [-0.2, -0.15) is 0 Å². The summed E-state index contributed by atoms with van der Waals surface area (Å²) in [6.45, 7) is 1.48. The van der Waals surface area contributed by atoms with Crippen molar-refractivity contribution in [3.63, 3.8) is 0 Å². The molecule has 4 N–H and O–H groups in total. The normalized spacial score (nSPS) is 11.8. The van der Waals surface area contributed by atoms with Crippen LogP contribution in [-0.4, -0.2) is 18.4 Å². The van der Waals surface area contributed by atoms with Crippen LogP contribution in [0.3, 0.4) is 0 Å². The molecule has 0 saturated carbocycles. The lowest BCUT2D eigenvalue weighted by atomic mass is 10.1. The molecule has 2 aromatic rings. The van der Waals surface area contributed by atoms with Crippen LogP contribution in [0.4, 0.5) is 4.39 Å². The van der Waals surface area contributed by atoms with E-state index in [1.54, 1.807) is 6.20 Å². The summed E-state index contributed by atoms with van der Waals surface area (Å²) in [5.41, 5.74) is 5.92. The number of nitrogens with two attached hydrogens (primary N) is 1. The summed E-state index contributed by atoms with van der Waals surface area (Å²) in [6.07, 6.45) is 3.10.